The zero-order valence-corrected chi connectivity index (χ0v) is 19.1. The molecule has 2 N–H and O–H groups in total. The van der Waals surface area contributed by atoms with Crippen LogP contribution in [0.5, 0.6) is 11.5 Å². The Balaban J connectivity index is 0.00000420. The molecule has 2 rings (SSSR count). The lowest BCUT2D eigenvalue weighted by Gasteiger charge is -2.15. The van der Waals surface area contributed by atoms with E-state index in [9.17, 15) is 8.78 Å². The number of alkyl halides is 2. The first-order valence-corrected chi connectivity index (χ1v) is 9.38. The van der Waals surface area contributed by atoms with Gasteiger partial charge >= 0.3 is 6.61 Å². The molecule has 10 heteroatoms. The molecule has 7 nitrogen and oxygen atoms in total. The lowest BCUT2D eigenvalue weighted by Crippen LogP contribution is -2.37. The first kappa shape index (κ1) is 25.6. The van der Waals surface area contributed by atoms with Crippen LogP contribution in [-0.2, 0) is 16.0 Å². The second-order valence-corrected chi connectivity index (χ2v) is 6.27. The number of guanidine groups is 1. The highest BCUT2D eigenvalue weighted by atomic mass is 127. The summed E-state index contributed by atoms with van der Waals surface area (Å²) in [6, 6.07) is 4.69. The van der Waals surface area contributed by atoms with Crippen LogP contribution in [0.25, 0.3) is 0 Å². The van der Waals surface area contributed by atoms with Crippen molar-refractivity contribution in [1.82, 2.24) is 10.6 Å². The van der Waals surface area contributed by atoms with Crippen molar-refractivity contribution in [1.29, 1.82) is 0 Å². The van der Waals surface area contributed by atoms with Gasteiger partial charge in [-0.1, -0.05) is 0 Å². The number of nitrogens with zero attached hydrogens (tertiary/aromatic N) is 1. The Morgan fingerprint density at radius 1 is 1.34 bits per heavy atom. The Bertz CT molecular complexity index is 617. The first-order valence-electron chi connectivity index (χ1n) is 9.38. The van der Waals surface area contributed by atoms with Gasteiger partial charge in [0, 0.05) is 38.9 Å². The molecular formula is C19H30F2IN3O4. The fourth-order valence-corrected chi connectivity index (χ4v) is 2.80. The van der Waals surface area contributed by atoms with Gasteiger partial charge < -0.3 is 29.6 Å². The molecule has 0 spiro atoms. The van der Waals surface area contributed by atoms with Crippen molar-refractivity contribution in [2.45, 2.75) is 38.5 Å². The Hall–Kier alpha value is -1.40. The van der Waals surface area contributed by atoms with E-state index in [0.717, 1.165) is 25.9 Å². The third-order valence-corrected chi connectivity index (χ3v) is 4.24. The van der Waals surface area contributed by atoms with Gasteiger partial charge in [0.1, 0.15) is 11.5 Å². The molecule has 0 saturated carbocycles. The van der Waals surface area contributed by atoms with Gasteiger partial charge in [0.05, 0.1) is 19.8 Å². The van der Waals surface area contributed by atoms with Crippen molar-refractivity contribution in [2.75, 3.05) is 40.5 Å². The standard InChI is InChI=1S/C19H29F2N3O4.HI/c1-22-19(23-8-4-9-26-13-16-5-3-10-27-16)24-12-14-11-15(25-2)6-7-17(14)28-18(20)21;/h6-7,11,16,18H,3-5,8-10,12-13H2,1-2H3,(H2,22,23,24);1H. The maximum atomic E-state index is 12.6. The lowest BCUT2D eigenvalue weighted by atomic mass is 10.2. The van der Waals surface area contributed by atoms with Gasteiger partial charge in [0.25, 0.3) is 0 Å². The number of aliphatic imine (C=N–C) groups is 1. The molecule has 1 atom stereocenters. The Labute approximate surface area is 187 Å². The molecule has 1 aliphatic rings. The highest BCUT2D eigenvalue weighted by molar-refractivity contribution is 14.0. The van der Waals surface area contributed by atoms with Gasteiger partial charge in [0.15, 0.2) is 5.96 Å². The average molecular weight is 529 g/mol. The largest absolute Gasteiger partial charge is 0.497 e. The second-order valence-electron chi connectivity index (χ2n) is 6.27. The summed E-state index contributed by atoms with van der Waals surface area (Å²) in [6.45, 7) is 0.133. The summed E-state index contributed by atoms with van der Waals surface area (Å²) >= 11 is 0. The number of nitrogens with one attached hydrogen (secondary N) is 2. The Morgan fingerprint density at radius 3 is 2.83 bits per heavy atom. The number of halogens is 3. The maximum absolute atomic E-state index is 12.6. The molecule has 166 valence electrons. The lowest BCUT2D eigenvalue weighted by molar-refractivity contribution is -0.0505. The Morgan fingerprint density at radius 2 is 2.17 bits per heavy atom. The van der Waals surface area contributed by atoms with Gasteiger partial charge in [-0.05, 0) is 37.5 Å². The zero-order chi connectivity index (χ0) is 20.2. The molecule has 1 saturated heterocycles. The van der Waals surface area contributed by atoms with E-state index in [4.69, 9.17) is 14.2 Å². The van der Waals surface area contributed by atoms with Crippen molar-refractivity contribution in [3.63, 3.8) is 0 Å². The van der Waals surface area contributed by atoms with Crippen LogP contribution in [-0.4, -0.2) is 59.2 Å². The van der Waals surface area contributed by atoms with E-state index < -0.39 is 6.61 Å². The van der Waals surface area contributed by atoms with E-state index in [1.54, 1.807) is 19.2 Å². The molecule has 1 aliphatic heterocycles. The molecule has 0 aromatic heterocycles. The summed E-state index contributed by atoms with van der Waals surface area (Å²) in [4.78, 5) is 4.13. The highest BCUT2D eigenvalue weighted by Gasteiger charge is 2.15. The molecule has 1 fully saturated rings. The molecule has 1 aromatic rings. The summed E-state index contributed by atoms with van der Waals surface area (Å²) < 4.78 is 46.0. The van der Waals surface area contributed by atoms with E-state index >= 15 is 0 Å². The van der Waals surface area contributed by atoms with E-state index in [2.05, 4.69) is 20.4 Å². The summed E-state index contributed by atoms with van der Waals surface area (Å²) in [5, 5.41) is 6.25. The van der Waals surface area contributed by atoms with Crippen LogP contribution in [0.1, 0.15) is 24.8 Å². The number of hydrogen-bond donors (Lipinski definition) is 2. The smallest absolute Gasteiger partial charge is 0.387 e. The highest BCUT2D eigenvalue weighted by Crippen LogP contribution is 2.25. The number of ether oxygens (including phenoxy) is 4. The molecule has 29 heavy (non-hydrogen) atoms. The summed E-state index contributed by atoms with van der Waals surface area (Å²) in [7, 11) is 3.16. The van der Waals surface area contributed by atoms with Crippen LogP contribution in [0.15, 0.2) is 23.2 Å². The van der Waals surface area contributed by atoms with E-state index in [0.29, 0.717) is 37.0 Å². The van der Waals surface area contributed by atoms with E-state index in [1.165, 1.54) is 13.2 Å². The normalized spacial score (nSPS) is 16.4. The molecule has 1 heterocycles. The van der Waals surface area contributed by atoms with Crippen molar-refractivity contribution < 1.29 is 27.7 Å². The van der Waals surface area contributed by atoms with Crippen LogP contribution < -0.4 is 20.1 Å². The first-order chi connectivity index (χ1) is 13.6. The molecule has 0 amide bonds. The minimum Gasteiger partial charge on any atom is -0.497 e. The average Bonchev–Trinajstić information content (AvgIpc) is 3.20. The number of methoxy groups -OCH3 is 1. The predicted molar refractivity (Wildman–Crippen MR) is 118 cm³/mol. The van der Waals surface area contributed by atoms with Crippen molar-refractivity contribution in [3.05, 3.63) is 23.8 Å². The number of benzene rings is 1. The van der Waals surface area contributed by atoms with Gasteiger partial charge in [-0.15, -0.1) is 24.0 Å². The van der Waals surface area contributed by atoms with Crippen LogP contribution >= 0.6 is 24.0 Å². The fraction of sp³-hybridized carbons (Fsp3) is 0.632. The van der Waals surface area contributed by atoms with Gasteiger partial charge in [-0.3, -0.25) is 4.99 Å². The second kappa shape index (κ2) is 14.6. The zero-order valence-electron chi connectivity index (χ0n) is 16.8. The van der Waals surface area contributed by atoms with Crippen LogP contribution in [0.3, 0.4) is 0 Å². The maximum Gasteiger partial charge on any atom is 0.387 e. The van der Waals surface area contributed by atoms with E-state index in [-0.39, 0.29) is 42.4 Å². The van der Waals surface area contributed by atoms with Crippen LogP contribution in [0.2, 0.25) is 0 Å². The van der Waals surface area contributed by atoms with Gasteiger partial charge in [-0.25, -0.2) is 0 Å². The minimum absolute atomic E-state index is 0. The minimum atomic E-state index is -2.89. The molecule has 1 aromatic carbocycles. The third-order valence-electron chi connectivity index (χ3n) is 4.24. The summed E-state index contributed by atoms with van der Waals surface area (Å²) in [5.74, 6) is 1.22. The Kier molecular flexibility index (Phi) is 12.9. The van der Waals surface area contributed by atoms with Crippen LogP contribution in [0, 0.1) is 0 Å². The van der Waals surface area contributed by atoms with Crippen molar-refractivity contribution >= 4 is 29.9 Å². The van der Waals surface area contributed by atoms with Crippen molar-refractivity contribution in [3.8, 4) is 11.5 Å². The quantitative estimate of drug-likeness (QED) is 0.199. The number of hydrogen-bond acceptors (Lipinski definition) is 5. The topological polar surface area (TPSA) is 73.3 Å². The number of rotatable bonds is 11. The molecular weight excluding hydrogens is 499 g/mol. The fourth-order valence-electron chi connectivity index (χ4n) is 2.80. The predicted octanol–water partition coefficient (Wildman–Crippen LogP) is 3.17. The molecule has 0 bridgehead atoms. The van der Waals surface area contributed by atoms with Gasteiger partial charge in [-0.2, -0.15) is 8.78 Å². The van der Waals surface area contributed by atoms with Gasteiger partial charge in [0.2, 0.25) is 0 Å². The van der Waals surface area contributed by atoms with Crippen molar-refractivity contribution in [2.24, 2.45) is 4.99 Å². The molecule has 0 aliphatic carbocycles. The SMILES string of the molecule is CN=C(NCCCOCC1CCCO1)NCc1cc(OC)ccc1OC(F)F.I. The molecule has 0 radical (unpaired) electrons. The monoisotopic (exact) mass is 529 g/mol. The van der Waals surface area contributed by atoms with Crippen LogP contribution in [0.4, 0.5) is 8.78 Å². The summed E-state index contributed by atoms with van der Waals surface area (Å²) in [6.07, 6.45) is 3.22. The molecule has 1 unspecified atom stereocenters. The van der Waals surface area contributed by atoms with E-state index in [1.807, 2.05) is 0 Å². The third kappa shape index (κ3) is 9.77. The summed E-state index contributed by atoms with van der Waals surface area (Å²) in [5.41, 5.74) is 0.544.